The monoisotopic (exact) mass is 370 g/mol. The van der Waals surface area contributed by atoms with E-state index in [-0.39, 0.29) is 0 Å². The lowest BCUT2D eigenvalue weighted by atomic mass is 10.1. The van der Waals surface area contributed by atoms with Crippen molar-refractivity contribution in [3.05, 3.63) is 9.47 Å². The van der Waals surface area contributed by atoms with Crippen LogP contribution in [0.3, 0.4) is 0 Å². The Hall–Kier alpha value is 0.877. The minimum absolute atomic E-state index is 0.308. The fourth-order valence-electron chi connectivity index (χ4n) is 1.01. The maximum absolute atomic E-state index is 6.13. The van der Waals surface area contributed by atoms with Crippen LogP contribution >= 0.6 is 31.9 Å². The van der Waals surface area contributed by atoms with Crippen molar-refractivity contribution in [2.75, 3.05) is 6.61 Å². The molecule has 0 saturated heterocycles. The highest BCUT2D eigenvalue weighted by Gasteiger charge is 2.36. The summed E-state index contributed by atoms with van der Waals surface area (Å²) < 4.78 is 7.15. The maximum atomic E-state index is 6.13. The molecule has 0 spiro atoms. The average molecular weight is 372 g/mol. The van der Waals surface area contributed by atoms with Crippen molar-refractivity contribution in [3.63, 3.8) is 0 Å². The number of allylic oxidation sites excluding steroid dienone is 1. The molecule has 0 heterocycles. The molecule has 96 valence electrons. The van der Waals surface area contributed by atoms with E-state index < -0.39 is 8.32 Å². The van der Waals surface area contributed by atoms with Gasteiger partial charge >= 0.3 is 0 Å². The van der Waals surface area contributed by atoms with Gasteiger partial charge in [-0.15, -0.1) is 0 Å². The average Bonchev–Trinajstić information content (AvgIpc) is 1.99. The van der Waals surface area contributed by atoms with Crippen LogP contribution in [0.1, 0.15) is 34.1 Å². The van der Waals surface area contributed by atoms with E-state index in [1.807, 2.05) is 0 Å². The van der Waals surface area contributed by atoms with Gasteiger partial charge in [0.15, 0.2) is 8.32 Å². The van der Waals surface area contributed by atoms with E-state index in [4.69, 9.17) is 4.43 Å². The third kappa shape index (κ3) is 6.57. The zero-order valence-electron chi connectivity index (χ0n) is 11.2. The Labute approximate surface area is 118 Å². The third-order valence-electron chi connectivity index (χ3n) is 3.25. The highest BCUT2D eigenvalue weighted by Crippen LogP contribution is 2.36. The highest BCUT2D eigenvalue weighted by molar-refractivity contribution is 9.28. The van der Waals surface area contributed by atoms with Crippen LogP contribution in [-0.2, 0) is 4.43 Å². The Bertz CT molecular complexity index is 240. The molecule has 0 aromatic rings. The summed E-state index contributed by atoms with van der Waals surface area (Å²) in [5, 5.41) is 0.308. The zero-order chi connectivity index (χ0) is 13.0. The third-order valence-corrected chi connectivity index (χ3v) is 8.32. The Kier molecular flexibility index (Phi) is 7.08. The van der Waals surface area contributed by atoms with E-state index in [0.717, 1.165) is 16.4 Å². The SMILES string of the molecule is C[C@H](C=C(Br)Br)CCO[Si](C)(C)C(C)(C)C. The molecule has 0 aliphatic carbocycles. The zero-order valence-corrected chi connectivity index (χ0v) is 15.4. The molecular weight excluding hydrogens is 348 g/mol. The highest BCUT2D eigenvalue weighted by atomic mass is 79.9. The fourth-order valence-corrected chi connectivity index (χ4v) is 2.98. The van der Waals surface area contributed by atoms with Crippen molar-refractivity contribution in [2.24, 2.45) is 5.92 Å². The fraction of sp³-hybridized carbons (Fsp3) is 0.833. The normalized spacial score (nSPS) is 14.8. The molecule has 0 unspecified atom stereocenters. The van der Waals surface area contributed by atoms with Gasteiger partial charge in [0.2, 0.25) is 0 Å². The summed E-state index contributed by atoms with van der Waals surface area (Å²) in [6.45, 7) is 14.5. The smallest absolute Gasteiger partial charge is 0.191 e. The van der Waals surface area contributed by atoms with Crippen LogP contribution in [0, 0.1) is 5.92 Å². The molecule has 1 atom stereocenters. The van der Waals surface area contributed by atoms with Crippen molar-refractivity contribution >= 4 is 40.2 Å². The van der Waals surface area contributed by atoms with Gasteiger partial charge in [-0.1, -0.05) is 33.8 Å². The molecular formula is C12H24Br2OSi. The molecule has 0 N–H and O–H groups in total. The van der Waals surface area contributed by atoms with E-state index >= 15 is 0 Å². The second kappa shape index (κ2) is 6.71. The van der Waals surface area contributed by atoms with Crippen molar-refractivity contribution in [3.8, 4) is 0 Å². The minimum Gasteiger partial charge on any atom is -0.417 e. The first kappa shape index (κ1) is 16.9. The standard InChI is InChI=1S/C12H24Br2OSi/c1-10(9-11(13)14)7-8-15-16(5,6)12(2,3)4/h9-10H,7-8H2,1-6H3/t10-/m0/s1. The summed E-state index contributed by atoms with van der Waals surface area (Å²) in [6.07, 6.45) is 3.24. The Morgan fingerprint density at radius 1 is 1.31 bits per heavy atom. The predicted molar refractivity (Wildman–Crippen MR) is 82.9 cm³/mol. The molecule has 0 radical (unpaired) electrons. The van der Waals surface area contributed by atoms with Crippen LogP contribution < -0.4 is 0 Å². The molecule has 0 aromatic carbocycles. The largest absolute Gasteiger partial charge is 0.417 e. The van der Waals surface area contributed by atoms with Crippen LogP contribution in [0.5, 0.6) is 0 Å². The number of halogens is 2. The quantitative estimate of drug-likeness (QED) is 0.566. The second-order valence-electron chi connectivity index (χ2n) is 5.83. The number of hydrogen-bond acceptors (Lipinski definition) is 1. The predicted octanol–water partition coefficient (Wildman–Crippen LogP) is 5.67. The van der Waals surface area contributed by atoms with Crippen LogP contribution in [0.25, 0.3) is 0 Å². The topological polar surface area (TPSA) is 9.23 Å². The van der Waals surface area contributed by atoms with Crippen LogP contribution in [-0.4, -0.2) is 14.9 Å². The first-order valence-corrected chi connectivity index (χ1v) is 10.2. The van der Waals surface area contributed by atoms with E-state index in [1.165, 1.54) is 0 Å². The lowest BCUT2D eigenvalue weighted by Gasteiger charge is -2.36. The molecule has 0 fully saturated rings. The lowest BCUT2D eigenvalue weighted by Crippen LogP contribution is -2.41. The van der Waals surface area contributed by atoms with Crippen molar-refractivity contribution in [2.45, 2.75) is 52.2 Å². The Morgan fingerprint density at radius 3 is 2.19 bits per heavy atom. The first-order chi connectivity index (χ1) is 7.06. The Morgan fingerprint density at radius 2 is 1.81 bits per heavy atom. The molecule has 0 aromatic heterocycles. The summed E-state index contributed by atoms with van der Waals surface area (Å²) in [4.78, 5) is 0. The molecule has 0 saturated carbocycles. The molecule has 0 amide bonds. The molecule has 0 aliphatic rings. The van der Waals surface area contributed by atoms with E-state index in [2.05, 4.69) is 78.7 Å². The van der Waals surface area contributed by atoms with Crippen molar-refractivity contribution in [1.82, 2.24) is 0 Å². The van der Waals surface area contributed by atoms with Gasteiger partial charge in [0.05, 0.1) is 3.39 Å². The van der Waals surface area contributed by atoms with Gasteiger partial charge in [-0.25, -0.2) is 0 Å². The first-order valence-electron chi connectivity index (χ1n) is 5.73. The molecule has 4 heteroatoms. The summed E-state index contributed by atoms with van der Waals surface area (Å²) in [5.41, 5.74) is 0. The summed E-state index contributed by atoms with van der Waals surface area (Å²) in [5.74, 6) is 0.540. The number of hydrogen-bond donors (Lipinski definition) is 0. The van der Waals surface area contributed by atoms with Gasteiger partial charge in [-0.05, 0) is 62.3 Å². The van der Waals surface area contributed by atoms with Crippen LogP contribution in [0.15, 0.2) is 9.47 Å². The van der Waals surface area contributed by atoms with Gasteiger partial charge in [0.1, 0.15) is 0 Å². The molecule has 1 nitrogen and oxygen atoms in total. The van der Waals surface area contributed by atoms with Gasteiger partial charge in [-0.2, -0.15) is 0 Å². The minimum atomic E-state index is -1.56. The lowest BCUT2D eigenvalue weighted by molar-refractivity contribution is 0.270. The van der Waals surface area contributed by atoms with Gasteiger partial charge in [0.25, 0.3) is 0 Å². The summed E-state index contributed by atoms with van der Waals surface area (Å²) in [7, 11) is -1.56. The van der Waals surface area contributed by atoms with E-state index in [9.17, 15) is 0 Å². The van der Waals surface area contributed by atoms with Crippen LogP contribution in [0.2, 0.25) is 18.1 Å². The van der Waals surface area contributed by atoms with Crippen LogP contribution in [0.4, 0.5) is 0 Å². The summed E-state index contributed by atoms with van der Waals surface area (Å²) in [6, 6.07) is 0. The Balaban J connectivity index is 4.04. The van der Waals surface area contributed by atoms with Crippen molar-refractivity contribution < 1.29 is 4.43 Å². The second-order valence-corrected chi connectivity index (χ2v) is 13.4. The molecule has 0 aliphatic heterocycles. The molecule has 0 rings (SSSR count). The van der Waals surface area contributed by atoms with E-state index in [1.54, 1.807) is 0 Å². The molecule has 16 heavy (non-hydrogen) atoms. The van der Waals surface area contributed by atoms with Gasteiger partial charge in [-0.3, -0.25) is 0 Å². The number of rotatable bonds is 5. The van der Waals surface area contributed by atoms with Gasteiger partial charge in [0, 0.05) is 6.61 Å². The maximum Gasteiger partial charge on any atom is 0.191 e. The van der Waals surface area contributed by atoms with E-state index in [0.29, 0.717) is 11.0 Å². The molecule has 0 bridgehead atoms. The van der Waals surface area contributed by atoms with Gasteiger partial charge < -0.3 is 4.43 Å². The van der Waals surface area contributed by atoms with Crippen molar-refractivity contribution in [1.29, 1.82) is 0 Å². The summed E-state index contributed by atoms with van der Waals surface area (Å²) >= 11 is 6.77.